The van der Waals surface area contributed by atoms with Crippen LogP contribution in [0.5, 0.6) is 0 Å². The Bertz CT molecular complexity index is 1210. The van der Waals surface area contributed by atoms with Crippen molar-refractivity contribution in [3.63, 3.8) is 0 Å². The molecule has 0 saturated carbocycles. The van der Waals surface area contributed by atoms with Crippen LogP contribution in [0.25, 0.3) is 16.5 Å². The van der Waals surface area contributed by atoms with Crippen LogP contribution in [0.3, 0.4) is 0 Å². The molecule has 0 bridgehead atoms. The molecule has 0 spiro atoms. The molecule has 1 aliphatic heterocycles. The van der Waals surface area contributed by atoms with Gasteiger partial charge in [-0.05, 0) is 62.5 Å². The average molecular weight is 434 g/mol. The molecule has 4 rings (SSSR count). The molecule has 0 unspecified atom stereocenters. The predicted octanol–water partition coefficient (Wildman–Crippen LogP) is 3.51. The van der Waals surface area contributed by atoms with E-state index in [2.05, 4.69) is 58.8 Å². The zero-order chi connectivity index (χ0) is 22.8. The molecule has 1 aromatic heterocycles. The summed E-state index contributed by atoms with van der Waals surface area (Å²) in [4.78, 5) is 27.3. The number of carboxylic acids is 2. The highest BCUT2D eigenvalue weighted by atomic mass is 16.4. The molecule has 0 aliphatic carbocycles. The number of carbonyl (C=O) groups is 2. The molecule has 32 heavy (non-hydrogen) atoms. The summed E-state index contributed by atoms with van der Waals surface area (Å²) in [7, 11) is 4.16. The van der Waals surface area contributed by atoms with Crippen LogP contribution in [-0.2, 0) is 22.7 Å². The predicted molar refractivity (Wildman–Crippen MR) is 125 cm³/mol. The second kappa shape index (κ2) is 8.88. The summed E-state index contributed by atoms with van der Waals surface area (Å²) in [5, 5.41) is 19.4. The van der Waals surface area contributed by atoms with Crippen molar-refractivity contribution < 1.29 is 19.8 Å². The maximum absolute atomic E-state index is 11.6. The molecule has 166 valence electrons. The molecule has 0 amide bonds. The number of hydrogen-bond donors (Lipinski definition) is 2. The molecule has 2 N–H and O–H groups in total. The molecule has 3 aromatic rings. The zero-order valence-corrected chi connectivity index (χ0v) is 18.3. The summed E-state index contributed by atoms with van der Waals surface area (Å²) in [6.45, 7) is 3.44. The molecule has 1 aliphatic rings. The molecule has 7 heteroatoms. The second-order valence-electron chi connectivity index (χ2n) is 8.40. The molecule has 2 aromatic carbocycles. The van der Waals surface area contributed by atoms with Gasteiger partial charge < -0.3 is 24.6 Å². The van der Waals surface area contributed by atoms with Gasteiger partial charge in [0.15, 0.2) is 0 Å². The maximum atomic E-state index is 11.6. The Morgan fingerprint density at radius 3 is 2.56 bits per heavy atom. The van der Waals surface area contributed by atoms with E-state index >= 15 is 0 Å². The van der Waals surface area contributed by atoms with Gasteiger partial charge in [0.2, 0.25) is 0 Å². The largest absolute Gasteiger partial charge is 0.478 e. The quantitative estimate of drug-likeness (QED) is 0.555. The molecule has 7 nitrogen and oxygen atoms in total. The lowest BCUT2D eigenvalue weighted by molar-refractivity contribution is -0.133. The van der Waals surface area contributed by atoms with Gasteiger partial charge in [0.1, 0.15) is 0 Å². The van der Waals surface area contributed by atoms with Gasteiger partial charge in [-0.1, -0.05) is 24.3 Å². The van der Waals surface area contributed by atoms with E-state index in [0.29, 0.717) is 5.56 Å². The van der Waals surface area contributed by atoms with Crippen molar-refractivity contribution >= 4 is 34.1 Å². The molecular formula is C25H27N3O4. The lowest BCUT2D eigenvalue weighted by Crippen LogP contribution is -2.27. The Hall–Kier alpha value is -3.58. The van der Waals surface area contributed by atoms with Gasteiger partial charge >= 0.3 is 11.9 Å². The summed E-state index contributed by atoms with van der Waals surface area (Å²) in [5.41, 5.74) is 4.81. The van der Waals surface area contributed by atoms with Crippen LogP contribution in [-0.4, -0.2) is 58.8 Å². The SMILES string of the molecule is CN(C)CCCN1Cc2cc3cc(C(=CC(=O)O)C(=O)O)ccc3n2Cc2ccccc21. The Balaban J connectivity index is 1.75. The third-order valence-electron chi connectivity index (χ3n) is 5.84. The number of aromatic nitrogens is 1. The molecule has 0 saturated heterocycles. The fourth-order valence-electron chi connectivity index (χ4n) is 4.39. The summed E-state index contributed by atoms with van der Waals surface area (Å²) >= 11 is 0. The van der Waals surface area contributed by atoms with Gasteiger partial charge in [0, 0.05) is 41.4 Å². The first kappa shape index (κ1) is 21.6. The normalized spacial score (nSPS) is 13.7. The van der Waals surface area contributed by atoms with E-state index in [-0.39, 0.29) is 5.57 Å². The third kappa shape index (κ3) is 4.38. The number of rotatable bonds is 7. The van der Waals surface area contributed by atoms with Crippen molar-refractivity contribution in [2.75, 3.05) is 32.1 Å². The van der Waals surface area contributed by atoms with E-state index in [9.17, 15) is 14.7 Å². The standard InChI is InChI=1S/C25H27N3O4/c1-26(2)10-5-11-27-16-20-13-19-12-17(21(25(31)32)14-24(29)30)8-9-23(19)28(20)15-18-6-3-4-7-22(18)27/h3-4,6-9,12-14H,5,10-11,15-16H2,1-2H3,(H,29,30)(H,31,32). The monoisotopic (exact) mass is 433 g/mol. The van der Waals surface area contributed by atoms with Crippen molar-refractivity contribution in [2.45, 2.75) is 19.5 Å². The number of anilines is 1. The highest BCUT2D eigenvalue weighted by Crippen LogP contribution is 2.32. The minimum Gasteiger partial charge on any atom is -0.478 e. The van der Waals surface area contributed by atoms with Crippen molar-refractivity contribution in [3.05, 3.63) is 71.4 Å². The fraction of sp³-hybridized carbons (Fsp3) is 0.280. The smallest absolute Gasteiger partial charge is 0.336 e. The van der Waals surface area contributed by atoms with Gasteiger partial charge in [-0.25, -0.2) is 9.59 Å². The molecular weight excluding hydrogens is 406 g/mol. The van der Waals surface area contributed by atoms with E-state index in [1.807, 2.05) is 6.07 Å². The Morgan fingerprint density at radius 2 is 1.84 bits per heavy atom. The Morgan fingerprint density at radius 1 is 1.06 bits per heavy atom. The van der Waals surface area contributed by atoms with Gasteiger partial charge in [0.05, 0.1) is 12.1 Å². The fourth-order valence-corrected chi connectivity index (χ4v) is 4.39. The van der Waals surface area contributed by atoms with Gasteiger partial charge in [0.25, 0.3) is 0 Å². The van der Waals surface area contributed by atoms with Crippen molar-refractivity contribution in [2.24, 2.45) is 0 Å². The van der Waals surface area contributed by atoms with E-state index in [1.165, 1.54) is 11.3 Å². The summed E-state index contributed by atoms with van der Waals surface area (Å²) in [6.07, 6.45) is 1.79. The van der Waals surface area contributed by atoms with E-state index in [4.69, 9.17) is 5.11 Å². The number of fused-ring (bicyclic) bond motifs is 4. The van der Waals surface area contributed by atoms with Crippen LogP contribution in [0.15, 0.2) is 54.6 Å². The van der Waals surface area contributed by atoms with Crippen molar-refractivity contribution in [3.8, 4) is 0 Å². The van der Waals surface area contributed by atoms with Crippen LogP contribution < -0.4 is 4.90 Å². The lowest BCUT2D eigenvalue weighted by Gasteiger charge is -2.25. The van der Waals surface area contributed by atoms with Crippen molar-refractivity contribution in [1.29, 1.82) is 0 Å². The number of aliphatic carboxylic acids is 2. The number of benzene rings is 2. The Kier molecular flexibility index (Phi) is 6.01. The summed E-state index contributed by atoms with van der Waals surface area (Å²) < 4.78 is 2.27. The van der Waals surface area contributed by atoms with Gasteiger partial charge in [-0.2, -0.15) is 0 Å². The van der Waals surface area contributed by atoms with Gasteiger partial charge in [-0.15, -0.1) is 0 Å². The average Bonchev–Trinajstić information content (AvgIpc) is 2.99. The van der Waals surface area contributed by atoms with Crippen LogP contribution >= 0.6 is 0 Å². The maximum Gasteiger partial charge on any atom is 0.336 e. The van der Waals surface area contributed by atoms with Crippen LogP contribution in [0, 0.1) is 0 Å². The van der Waals surface area contributed by atoms with E-state index in [0.717, 1.165) is 55.3 Å². The van der Waals surface area contributed by atoms with Crippen molar-refractivity contribution in [1.82, 2.24) is 9.47 Å². The number of nitrogens with zero attached hydrogens (tertiary/aromatic N) is 3. The van der Waals surface area contributed by atoms with Crippen LogP contribution in [0.1, 0.15) is 23.2 Å². The molecule has 0 fully saturated rings. The minimum atomic E-state index is -1.28. The molecule has 2 heterocycles. The van der Waals surface area contributed by atoms with Crippen LogP contribution in [0.2, 0.25) is 0 Å². The Labute approximate surface area is 186 Å². The highest BCUT2D eigenvalue weighted by Gasteiger charge is 2.21. The third-order valence-corrected chi connectivity index (χ3v) is 5.84. The summed E-state index contributed by atoms with van der Waals surface area (Å²) in [5.74, 6) is -2.53. The van der Waals surface area contributed by atoms with Crippen LogP contribution in [0.4, 0.5) is 5.69 Å². The van der Waals surface area contributed by atoms with E-state index in [1.54, 1.807) is 12.1 Å². The second-order valence-corrected chi connectivity index (χ2v) is 8.40. The lowest BCUT2D eigenvalue weighted by atomic mass is 10.0. The first-order chi connectivity index (χ1) is 15.3. The molecule has 0 radical (unpaired) electrons. The first-order valence-electron chi connectivity index (χ1n) is 10.6. The zero-order valence-electron chi connectivity index (χ0n) is 18.3. The number of para-hydroxylation sites is 1. The number of carboxylic acid groups (broad SMARTS) is 2. The topological polar surface area (TPSA) is 86.0 Å². The number of hydrogen-bond acceptors (Lipinski definition) is 4. The summed E-state index contributed by atoms with van der Waals surface area (Å²) in [6, 6.07) is 15.9. The van der Waals surface area contributed by atoms with E-state index < -0.39 is 11.9 Å². The van der Waals surface area contributed by atoms with Gasteiger partial charge in [-0.3, -0.25) is 0 Å². The first-order valence-corrected chi connectivity index (χ1v) is 10.6. The minimum absolute atomic E-state index is 0.226. The molecule has 0 atom stereocenters. The highest BCUT2D eigenvalue weighted by molar-refractivity contribution is 6.20.